The summed E-state index contributed by atoms with van der Waals surface area (Å²) in [5.41, 5.74) is 5.13. The maximum atomic E-state index is 12.6. The number of morpholine rings is 1. The van der Waals surface area contributed by atoms with Crippen molar-refractivity contribution in [1.29, 1.82) is 0 Å². The van der Waals surface area contributed by atoms with Crippen molar-refractivity contribution in [2.45, 2.75) is 13.0 Å². The molecular formula is C31H36N8O3. The van der Waals surface area contributed by atoms with Crippen molar-refractivity contribution < 1.29 is 14.3 Å². The zero-order valence-electron chi connectivity index (χ0n) is 24.2. The van der Waals surface area contributed by atoms with Crippen molar-refractivity contribution in [1.82, 2.24) is 24.6 Å². The van der Waals surface area contributed by atoms with Crippen LogP contribution in [0.3, 0.4) is 0 Å². The lowest BCUT2D eigenvalue weighted by atomic mass is 10.1. The third-order valence-corrected chi connectivity index (χ3v) is 6.72. The number of benzene rings is 2. The van der Waals surface area contributed by atoms with Gasteiger partial charge in [-0.25, -0.2) is 9.67 Å². The number of aromatic nitrogens is 4. The Morgan fingerprint density at radius 2 is 1.93 bits per heavy atom. The number of nitrogens with one attached hydrogen (secondary N) is 2. The molecule has 2 N–H and O–H groups in total. The first-order valence-corrected chi connectivity index (χ1v) is 13.8. The smallest absolute Gasteiger partial charge is 0.229 e. The molecule has 0 spiro atoms. The van der Waals surface area contributed by atoms with Crippen LogP contribution in [0.2, 0.25) is 0 Å². The van der Waals surface area contributed by atoms with Crippen molar-refractivity contribution in [3.05, 3.63) is 79.1 Å². The van der Waals surface area contributed by atoms with Gasteiger partial charge in [-0.05, 0) is 20.2 Å². The van der Waals surface area contributed by atoms with E-state index in [1.165, 1.54) is 0 Å². The SMILES string of the molecule is C=CCC(=O)Nc1cc(Nc2nccc(-n3cc(CN(C)C)c(-c4ccccc4)n3)n2)c(OC)cc1N1CCOCC1. The van der Waals surface area contributed by atoms with Crippen LogP contribution >= 0.6 is 0 Å². The van der Waals surface area contributed by atoms with Crippen molar-refractivity contribution in [3.8, 4) is 22.8 Å². The van der Waals surface area contributed by atoms with Crippen LogP contribution in [-0.4, -0.2) is 78.1 Å². The molecule has 2 aromatic carbocycles. The van der Waals surface area contributed by atoms with E-state index < -0.39 is 0 Å². The number of rotatable bonds is 11. The van der Waals surface area contributed by atoms with E-state index >= 15 is 0 Å². The summed E-state index contributed by atoms with van der Waals surface area (Å²) < 4.78 is 13.0. The second-order valence-corrected chi connectivity index (χ2v) is 10.1. The number of anilines is 4. The van der Waals surface area contributed by atoms with Crippen LogP contribution in [0.15, 0.2) is 73.6 Å². The summed E-state index contributed by atoms with van der Waals surface area (Å²) in [4.78, 5) is 26.0. The number of ether oxygens (including phenoxy) is 2. The number of nitrogens with zero attached hydrogens (tertiary/aromatic N) is 6. The highest BCUT2D eigenvalue weighted by atomic mass is 16.5. The van der Waals surface area contributed by atoms with Crippen LogP contribution in [0, 0.1) is 0 Å². The minimum Gasteiger partial charge on any atom is -0.494 e. The quantitative estimate of drug-likeness (QED) is 0.253. The Hall–Kier alpha value is -4.74. The lowest BCUT2D eigenvalue weighted by molar-refractivity contribution is -0.115. The van der Waals surface area contributed by atoms with E-state index in [1.807, 2.05) is 56.7 Å². The fourth-order valence-corrected chi connectivity index (χ4v) is 4.81. The van der Waals surface area contributed by atoms with E-state index in [4.69, 9.17) is 19.6 Å². The topological polar surface area (TPSA) is 110 Å². The Labute approximate surface area is 245 Å². The standard InChI is InChI=1S/C31H36N8O3/c1-5-9-29(40)33-24-18-25(27(41-4)19-26(24)38-14-16-42-17-15-38)34-31-32-13-12-28(35-31)39-21-23(20-37(2)3)30(36-39)22-10-7-6-8-11-22/h5-8,10-13,18-19,21H,1,9,14-17,20H2,2-4H3,(H,33,40)(H,32,34,35). The predicted molar refractivity (Wildman–Crippen MR) is 165 cm³/mol. The van der Waals surface area contributed by atoms with Gasteiger partial charge in [-0.2, -0.15) is 10.1 Å². The van der Waals surface area contributed by atoms with Crippen molar-refractivity contribution >= 4 is 28.9 Å². The molecule has 0 radical (unpaired) electrons. The van der Waals surface area contributed by atoms with Crippen molar-refractivity contribution in [2.24, 2.45) is 0 Å². The number of methoxy groups -OCH3 is 1. The van der Waals surface area contributed by atoms with Gasteiger partial charge in [-0.3, -0.25) is 4.79 Å². The summed E-state index contributed by atoms with van der Waals surface area (Å²) in [5.74, 6) is 1.40. The Bertz CT molecular complexity index is 1530. The first kappa shape index (κ1) is 28.8. The first-order chi connectivity index (χ1) is 20.4. The van der Waals surface area contributed by atoms with Crippen molar-refractivity contribution in [3.63, 3.8) is 0 Å². The number of carbonyl (C=O) groups is 1. The number of amides is 1. The molecule has 1 fully saturated rings. The molecule has 0 atom stereocenters. The average molecular weight is 569 g/mol. The summed E-state index contributed by atoms with van der Waals surface area (Å²) >= 11 is 0. The van der Waals surface area contributed by atoms with Crippen LogP contribution in [-0.2, 0) is 16.1 Å². The largest absolute Gasteiger partial charge is 0.494 e. The predicted octanol–water partition coefficient (Wildman–Crippen LogP) is 4.49. The van der Waals surface area contributed by atoms with Gasteiger partial charge in [0.25, 0.3) is 0 Å². The molecule has 4 aromatic rings. The van der Waals surface area contributed by atoms with Gasteiger partial charge in [-0.15, -0.1) is 6.58 Å². The lowest BCUT2D eigenvalue weighted by Gasteiger charge is -2.31. The molecule has 1 aliphatic rings. The Morgan fingerprint density at radius 3 is 2.64 bits per heavy atom. The minimum absolute atomic E-state index is 0.157. The molecule has 42 heavy (non-hydrogen) atoms. The highest BCUT2D eigenvalue weighted by Gasteiger charge is 2.20. The summed E-state index contributed by atoms with van der Waals surface area (Å²) in [6.07, 6.45) is 5.46. The summed E-state index contributed by atoms with van der Waals surface area (Å²) in [5, 5.41) is 11.2. The van der Waals surface area contributed by atoms with Crippen molar-refractivity contribution in [2.75, 3.05) is 63.0 Å². The molecule has 218 valence electrons. The number of carbonyl (C=O) groups excluding carboxylic acids is 1. The third-order valence-electron chi connectivity index (χ3n) is 6.72. The van der Waals surface area contributed by atoms with Gasteiger partial charge in [0.2, 0.25) is 11.9 Å². The second kappa shape index (κ2) is 13.3. The Balaban J connectivity index is 1.48. The minimum atomic E-state index is -0.157. The van der Waals surface area contributed by atoms with E-state index in [-0.39, 0.29) is 12.3 Å². The normalized spacial score (nSPS) is 13.2. The van der Waals surface area contributed by atoms with Crippen LogP contribution in [0.5, 0.6) is 5.75 Å². The second-order valence-electron chi connectivity index (χ2n) is 10.1. The maximum absolute atomic E-state index is 12.6. The van der Waals surface area contributed by atoms with Crippen LogP contribution < -0.4 is 20.3 Å². The van der Waals surface area contributed by atoms with E-state index in [9.17, 15) is 4.79 Å². The number of hydrogen-bond donors (Lipinski definition) is 2. The van der Waals surface area contributed by atoms with E-state index in [0.717, 1.165) is 29.1 Å². The zero-order chi connectivity index (χ0) is 29.5. The van der Waals surface area contributed by atoms with Gasteiger partial charge in [0.1, 0.15) is 5.75 Å². The highest BCUT2D eigenvalue weighted by Crippen LogP contribution is 2.38. The monoisotopic (exact) mass is 568 g/mol. The van der Waals surface area contributed by atoms with E-state index in [1.54, 1.807) is 24.1 Å². The molecule has 1 aliphatic heterocycles. The molecule has 0 saturated carbocycles. The lowest BCUT2D eigenvalue weighted by Crippen LogP contribution is -2.36. The molecule has 5 rings (SSSR count). The maximum Gasteiger partial charge on any atom is 0.229 e. The van der Waals surface area contributed by atoms with Gasteiger partial charge in [0.05, 0.1) is 43.1 Å². The molecule has 11 heteroatoms. The molecule has 0 aliphatic carbocycles. The summed E-state index contributed by atoms with van der Waals surface area (Å²) in [6, 6.07) is 15.7. The Kier molecular flexibility index (Phi) is 9.10. The molecule has 11 nitrogen and oxygen atoms in total. The van der Waals surface area contributed by atoms with E-state index in [0.29, 0.717) is 55.2 Å². The van der Waals surface area contributed by atoms with Gasteiger partial charge >= 0.3 is 0 Å². The molecule has 0 bridgehead atoms. The van der Waals surface area contributed by atoms with Crippen LogP contribution in [0.25, 0.3) is 17.1 Å². The highest BCUT2D eigenvalue weighted by molar-refractivity contribution is 5.97. The molecular weight excluding hydrogens is 532 g/mol. The van der Waals surface area contributed by atoms with Gasteiger partial charge in [0.15, 0.2) is 5.82 Å². The van der Waals surface area contributed by atoms with Crippen LogP contribution in [0.4, 0.5) is 23.0 Å². The molecule has 1 saturated heterocycles. The third kappa shape index (κ3) is 6.76. The zero-order valence-corrected chi connectivity index (χ0v) is 24.2. The average Bonchev–Trinajstić information content (AvgIpc) is 3.41. The Morgan fingerprint density at radius 1 is 1.14 bits per heavy atom. The fourth-order valence-electron chi connectivity index (χ4n) is 4.81. The molecule has 2 aromatic heterocycles. The molecule has 1 amide bonds. The van der Waals surface area contributed by atoms with E-state index in [2.05, 4.69) is 44.1 Å². The first-order valence-electron chi connectivity index (χ1n) is 13.8. The summed E-state index contributed by atoms with van der Waals surface area (Å²) in [7, 11) is 5.67. The van der Waals surface area contributed by atoms with Gasteiger partial charge in [0, 0.05) is 61.7 Å². The molecule has 0 unspecified atom stereocenters. The fraction of sp³-hybridized carbons (Fsp3) is 0.290. The van der Waals surface area contributed by atoms with Crippen LogP contribution in [0.1, 0.15) is 12.0 Å². The van der Waals surface area contributed by atoms with Gasteiger partial charge < -0.3 is 29.9 Å². The summed E-state index contributed by atoms with van der Waals surface area (Å²) in [6.45, 7) is 7.04. The molecule has 3 heterocycles. The number of hydrogen-bond acceptors (Lipinski definition) is 9. The van der Waals surface area contributed by atoms with Gasteiger partial charge in [-0.1, -0.05) is 36.4 Å².